The van der Waals surface area contributed by atoms with E-state index in [9.17, 15) is 14.4 Å². The second-order valence-corrected chi connectivity index (χ2v) is 6.88. The molecule has 0 aromatic heterocycles. The number of fused-ring (bicyclic) bond motifs is 1. The SMILES string of the molecule is CO[C@@H]1C[C@H]2C(=O)N([C@H]3CCN(c4ccc(C)cc4)C3=O)C(=O)N2C1. The molecule has 7 heteroatoms. The van der Waals surface area contributed by atoms with Gasteiger partial charge in [-0.1, -0.05) is 17.7 Å². The topological polar surface area (TPSA) is 70.2 Å². The second kappa shape index (κ2) is 5.84. The fraction of sp³-hybridized carbons (Fsp3) is 0.500. The van der Waals surface area contributed by atoms with E-state index in [1.54, 1.807) is 12.0 Å². The molecule has 0 spiro atoms. The predicted molar refractivity (Wildman–Crippen MR) is 90.1 cm³/mol. The van der Waals surface area contributed by atoms with E-state index in [-0.39, 0.29) is 23.9 Å². The summed E-state index contributed by atoms with van der Waals surface area (Å²) in [5.41, 5.74) is 1.92. The highest BCUT2D eigenvalue weighted by atomic mass is 16.5. The number of benzene rings is 1. The molecule has 1 aromatic rings. The summed E-state index contributed by atoms with van der Waals surface area (Å²) >= 11 is 0. The van der Waals surface area contributed by atoms with E-state index in [0.717, 1.165) is 11.3 Å². The molecule has 7 nitrogen and oxygen atoms in total. The molecular weight excluding hydrogens is 322 g/mol. The van der Waals surface area contributed by atoms with Gasteiger partial charge in [-0.05, 0) is 25.5 Å². The van der Waals surface area contributed by atoms with Crippen LogP contribution < -0.4 is 4.90 Å². The highest BCUT2D eigenvalue weighted by molar-refractivity contribution is 6.11. The molecular formula is C18H21N3O4. The molecule has 0 radical (unpaired) electrons. The van der Waals surface area contributed by atoms with E-state index >= 15 is 0 Å². The number of imide groups is 1. The highest BCUT2D eigenvalue weighted by Crippen LogP contribution is 2.33. The van der Waals surface area contributed by atoms with E-state index in [0.29, 0.717) is 25.9 Å². The van der Waals surface area contributed by atoms with Crippen LogP contribution in [-0.2, 0) is 14.3 Å². The summed E-state index contributed by atoms with van der Waals surface area (Å²) < 4.78 is 5.27. The molecule has 4 rings (SSSR count). The summed E-state index contributed by atoms with van der Waals surface area (Å²) in [6.45, 7) is 2.90. The van der Waals surface area contributed by atoms with Gasteiger partial charge in [-0.15, -0.1) is 0 Å². The molecule has 25 heavy (non-hydrogen) atoms. The Morgan fingerprint density at radius 1 is 1.04 bits per heavy atom. The van der Waals surface area contributed by atoms with Gasteiger partial charge in [0.05, 0.1) is 6.10 Å². The van der Waals surface area contributed by atoms with Crippen molar-refractivity contribution in [1.29, 1.82) is 0 Å². The Kier molecular flexibility index (Phi) is 3.76. The van der Waals surface area contributed by atoms with E-state index in [4.69, 9.17) is 4.74 Å². The average Bonchev–Trinajstić information content (AvgIpc) is 3.25. The maximum absolute atomic E-state index is 12.8. The fourth-order valence-electron chi connectivity index (χ4n) is 3.98. The molecule has 3 fully saturated rings. The van der Waals surface area contributed by atoms with Gasteiger partial charge in [0.15, 0.2) is 0 Å². The number of nitrogens with zero attached hydrogens (tertiary/aromatic N) is 3. The van der Waals surface area contributed by atoms with Crippen LogP contribution in [0.15, 0.2) is 24.3 Å². The van der Waals surface area contributed by atoms with Gasteiger partial charge >= 0.3 is 6.03 Å². The Balaban J connectivity index is 1.54. The summed E-state index contributed by atoms with van der Waals surface area (Å²) in [4.78, 5) is 42.6. The van der Waals surface area contributed by atoms with Gasteiger partial charge in [0.25, 0.3) is 5.91 Å². The molecule has 3 aliphatic heterocycles. The molecule has 0 bridgehead atoms. The maximum Gasteiger partial charge on any atom is 0.328 e. The number of carbonyl (C=O) groups is 3. The van der Waals surface area contributed by atoms with Crippen molar-refractivity contribution in [3.63, 3.8) is 0 Å². The van der Waals surface area contributed by atoms with Crippen molar-refractivity contribution in [1.82, 2.24) is 9.80 Å². The molecule has 0 unspecified atom stereocenters. The normalized spacial score (nSPS) is 29.1. The standard InChI is InChI=1S/C18H21N3O4/c1-11-3-5-12(6-4-11)19-8-7-14(16(19)22)21-17(23)15-9-13(25-2)10-20(15)18(21)24/h3-6,13-15H,7-10H2,1-2H3/t13-,14+,15+/m1/s1. The summed E-state index contributed by atoms with van der Waals surface area (Å²) in [5.74, 6) is -0.455. The molecule has 1 aromatic carbocycles. The number of amides is 4. The third-order valence-electron chi connectivity index (χ3n) is 5.40. The Labute approximate surface area is 146 Å². The predicted octanol–water partition coefficient (Wildman–Crippen LogP) is 1.15. The first-order valence-electron chi connectivity index (χ1n) is 8.55. The van der Waals surface area contributed by atoms with Gasteiger partial charge in [-0.2, -0.15) is 0 Å². The highest BCUT2D eigenvalue weighted by Gasteiger charge is 2.55. The van der Waals surface area contributed by atoms with Gasteiger partial charge in [0.1, 0.15) is 12.1 Å². The smallest absolute Gasteiger partial charge is 0.328 e. The van der Waals surface area contributed by atoms with Crippen molar-refractivity contribution < 1.29 is 19.1 Å². The van der Waals surface area contributed by atoms with Crippen LogP contribution in [0.2, 0.25) is 0 Å². The first kappa shape index (κ1) is 16.1. The number of rotatable bonds is 3. The molecule has 132 valence electrons. The number of urea groups is 1. The molecule has 0 saturated carbocycles. The van der Waals surface area contributed by atoms with E-state index in [1.807, 2.05) is 31.2 Å². The molecule has 3 atom stereocenters. The lowest BCUT2D eigenvalue weighted by molar-refractivity contribution is -0.134. The third kappa shape index (κ3) is 2.41. The number of hydrogen-bond acceptors (Lipinski definition) is 4. The van der Waals surface area contributed by atoms with Crippen molar-refractivity contribution in [3.05, 3.63) is 29.8 Å². The summed E-state index contributed by atoms with van der Waals surface area (Å²) in [5, 5.41) is 0. The molecule has 3 aliphatic rings. The summed E-state index contributed by atoms with van der Waals surface area (Å²) in [6, 6.07) is 6.13. The third-order valence-corrected chi connectivity index (χ3v) is 5.40. The van der Waals surface area contributed by atoms with Gasteiger partial charge in [-0.3, -0.25) is 9.59 Å². The van der Waals surface area contributed by atoms with Crippen LogP contribution in [0.5, 0.6) is 0 Å². The van der Waals surface area contributed by atoms with Crippen LogP contribution in [0.1, 0.15) is 18.4 Å². The second-order valence-electron chi connectivity index (χ2n) is 6.88. The van der Waals surface area contributed by atoms with Crippen LogP contribution in [0, 0.1) is 6.92 Å². The quantitative estimate of drug-likeness (QED) is 0.772. The van der Waals surface area contributed by atoms with Gasteiger partial charge in [-0.25, -0.2) is 9.69 Å². The Bertz CT molecular complexity index is 708. The summed E-state index contributed by atoms with van der Waals surface area (Å²) in [6.07, 6.45) is 0.863. The van der Waals surface area contributed by atoms with E-state index in [1.165, 1.54) is 9.80 Å². The molecule has 3 saturated heterocycles. The van der Waals surface area contributed by atoms with Gasteiger partial charge in [0.2, 0.25) is 5.91 Å². The summed E-state index contributed by atoms with van der Waals surface area (Å²) in [7, 11) is 1.58. The van der Waals surface area contributed by atoms with Crippen LogP contribution in [0.4, 0.5) is 10.5 Å². The molecule has 0 N–H and O–H groups in total. The van der Waals surface area contributed by atoms with E-state index < -0.39 is 12.1 Å². The number of hydrogen-bond donors (Lipinski definition) is 0. The van der Waals surface area contributed by atoms with Crippen molar-refractivity contribution in [2.24, 2.45) is 0 Å². The van der Waals surface area contributed by atoms with Crippen molar-refractivity contribution >= 4 is 23.5 Å². The zero-order chi connectivity index (χ0) is 17.7. The molecule has 0 aliphatic carbocycles. The Morgan fingerprint density at radius 3 is 2.40 bits per heavy atom. The average molecular weight is 343 g/mol. The zero-order valence-electron chi connectivity index (χ0n) is 14.3. The van der Waals surface area contributed by atoms with Gasteiger partial charge in [0, 0.05) is 32.3 Å². The minimum absolute atomic E-state index is 0.108. The van der Waals surface area contributed by atoms with Gasteiger partial charge < -0.3 is 14.5 Å². The lowest BCUT2D eigenvalue weighted by Crippen LogP contribution is -2.47. The Hall–Kier alpha value is -2.41. The van der Waals surface area contributed by atoms with Crippen molar-refractivity contribution in [3.8, 4) is 0 Å². The fourth-order valence-corrected chi connectivity index (χ4v) is 3.98. The van der Waals surface area contributed by atoms with Crippen LogP contribution >= 0.6 is 0 Å². The zero-order valence-corrected chi connectivity index (χ0v) is 14.3. The minimum Gasteiger partial charge on any atom is -0.380 e. The first-order valence-corrected chi connectivity index (χ1v) is 8.55. The van der Waals surface area contributed by atoms with Crippen LogP contribution in [0.3, 0.4) is 0 Å². The first-order chi connectivity index (χ1) is 12.0. The van der Waals surface area contributed by atoms with Crippen LogP contribution in [0.25, 0.3) is 0 Å². The number of anilines is 1. The maximum atomic E-state index is 12.8. The largest absolute Gasteiger partial charge is 0.380 e. The monoisotopic (exact) mass is 343 g/mol. The lowest BCUT2D eigenvalue weighted by atomic mass is 10.1. The minimum atomic E-state index is -0.701. The lowest BCUT2D eigenvalue weighted by Gasteiger charge is -2.23. The van der Waals surface area contributed by atoms with E-state index in [2.05, 4.69) is 0 Å². The van der Waals surface area contributed by atoms with Crippen molar-refractivity contribution in [2.45, 2.75) is 38.0 Å². The number of carbonyl (C=O) groups excluding carboxylic acids is 3. The van der Waals surface area contributed by atoms with Crippen LogP contribution in [-0.4, -0.2) is 66.0 Å². The molecule has 3 heterocycles. The number of ether oxygens (including phenoxy) is 1. The number of aryl methyl sites for hydroxylation is 1. The molecule has 4 amide bonds. The Morgan fingerprint density at radius 2 is 1.76 bits per heavy atom. The van der Waals surface area contributed by atoms with Crippen molar-refractivity contribution in [2.75, 3.05) is 25.1 Å². The number of methoxy groups -OCH3 is 1.